The van der Waals surface area contributed by atoms with Crippen molar-refractivity contribution in [3.63, 3.8) is 0 Å². The van der Waals surface area contributed by atoms with Gasteiger partial charge in [0.2, 0.25) is 0 Å². The first-order valence-electron chi connectivity index (χ1n) is 4.11. The van der Waals surface area contributed by atoms with E-state index in [-0.39, 0.29) is 0 Å². The number of nitrogens with zero attached hydrogens (tertiary/aromatic N) is 1. The lowest BCUT2D eigenvalue weighted by molar-refractivity contribution is 0.805. The quantitative estimate of drug-likeness (QED) is 0.675. The first-order chi connectivity index (χ1) is 5.86. The fourth-order valence-electron chi connectivity index (χ4n) is 1.28. The zero-order valence-electron chi connectivity index (χ0n) is 7.12. The summed E-state index contributed by atoms with van der Waals surface area (Å²) in [6, 6.07) is 10.3. The van der Waals surface area contributed by atoms with E-state index in [0.29, 0.717) is 0 Å². The average Bonchev–Trinajstić information content (AvgIpc) is 2.54. The molecule has 1 aliphatic rings. The Morgan fingerprint density at radius 2 is 2.00 bits per heavy atom. The highest BCUT2D eigenvalue weighted by molar-refractivity contribution is 5.49. The van der Waals surface area contributed by atoms with E-state index in [0.717, 1.165) is 6.54 Å². The van der Waals surface area contributed by atoms with Gasteiger partial charge in [0.05, 0.1) is 5.69 Å². The molecule has 1 aliphatic heterocycles. The first kappa shape index (κ1) is 7.37. The maximum absolute atomic E-state index is 3.26. The zero-order valence-corrected chi connectivity index (χ0v) is 7.12. The van der Waals surface area contributed by atoms with Crippen LogP contribution in [0.4, 0.5) is 5.69 Å². The van der Waals surface area contributed by atoms with E-state index < -0.39 is 0 Å². The van der Waals surface area contributed by atoms with Crippen LogP contribution in [0, 0.1) is 0 Å². The third-order valence-corrected chi connectivity index (χ3v) is 1.91. The molecule has 62 valence electrons. The Kier molecular flexibility index (Phi) is 1.84. The van der Waals surface area contributed by atoms with Gasteiger partial charge in [-0.15, -0.1) is 0 Å². The second kappa shape index (κ2) is 2.99. The molecule has 2 rings (SSSR count). The summed E-state index contributed by atoms with van der Waals surface area (Å²) in [4.78, 5) is 0. The van der Waals surface area contributed by atoms with Gasteiger partial charge in [0.15, 0.2) is 0 Å². The molecule has 0 amide bonds. The van der Waals surface area contributed by atoms with Crippen molar-refractivity contribution in [1.29, 1.82) is 0 Å². The lowest BCUT2D eigenvalue weighted by Crippen LogP contribution is -2.28. The third kappa shape index (κ3) is 1.34. The maximum atomic E-state index is 3.26. The van der Waals surface area contributed by atoms with E-state index in [4.69, 9.17) is 0 Å². The van der Waals surface area contributed by atoms with Crippen molar-refractivity contribution in [3.8, 4) is 0 Å². The fraction of sp³-hybridized carbons (Fsp3) is 0.200. The summed E-state index contributed by atoms with van der Waals surface area (Å²) in [5, 5.41) is 2.05. The molecule has 12 heavy (non-hydrogen) atoms. The van der Waals surface area contributed by atoms with Crippen LogP contribution < -0.4 is 10.4 Å². The van der Waals surface area contributed by atoms with E-state index in [1.807, 2.05) is 18.2 Å². The minimum absolute atomic E-state index is 0.953. The molecular formula is C10H12N2. The molecule has 1 aromatic rings. The van der Waals surface area contributed by atoms with Crippen molar-refractivity contribution >= 4 is 5.69 Å². The number of hydrogen-bond acceptors (Lipinski definition) is 2. The first-order valence-corrected chi connectivity index (χ1v) is 4.11. The molecule has 0 unspecified atom stereocenters. The van der Waals surface area contributed by atoms with E-state index in [2.05, 4.69) is 35.7 Å². The Labute approximate surface area is 72.5 Å². The van der Waals surface area contributed by atoms with Crippen LogP contribution in [0.5, 0.6) is 0 Å². The second-order valence-electron chi connectivity index (χ2n) is 3.02. The van der Waals surface area contributed by atoms with Crippen molar-refractivity contribution in [1.82, 2.24) is 5.43 Å². The van der Waals surface area contributed by atoms with Crippen molar-refractivity contribution in [2.75, 3.05) is 11.6 Å². The van der Waals surface area contributed by atoms with Crippen LogP contribution in [-0.4, -0.2) is 6.54 Å². The molecule has 0 radical (unpaired) electrons. The fourth-order valence-corrected chi connectivity index (χ4v) is 1.28. The van der Waals surface area contributed by atoms with Gasteiger partial charge in [0.25, 0.3) is 0 Å². The maximum Gasteiger partial charge on any atom is 0.0570 e. The Hall–Kier alpha value is -1.28. The van der Waals surface area contributed by atoms with Crippen molar-refractivity contribution in [2.45, 2.75) is 6.92 Å². The van der Waals surface area contributed by atoms with Crippen LogP contribution in [0.15, 0.2) is 42.1 Å². The van der Waals surface area contributed by atoms with Gasteiger partial charge in [-0.05, 0) is 24.6 Å². The van der Waals surface area contributed by atoms with Crippen molar-refractivity contribution in [3.05, 3.63) is 42.1 Å². The molecule has 2 heteroatoms. The van der Waals surface area contributed by atoms with Crippen molar-refractivity contribution < 1.29 is 0 Å². The number of anilines is 1. The van der Waals surface area contributed by atoms with Gasteiger partial charge in [-0.1, -0.05) is 18.2 Å². The van der Waals surface area contributed by atoms with Crippen LogP contribution in [0.25, 0.3) is 0 Å². The Morgan fingerprint density at radius 1 is 1.25 bits per heavy atom. The van der Waals surface area contributed by atoms with Crippen LogP contribution in [-0.2, 0) is 0 Å². The molecule has 0 aliphatic carbocycles. The third-order valence-electron chi connectivity index (χ3n) is 1.91. The molecule has 1 aromatic carbocycles. The summed E-state index contributed by atoms with van der Waals surface area (Å²) in [6.45, 7) is 3.07. The number of nitrogens with one attached hydrogen (secondary N) is 1. The summed E-state index contributed by atoms with van der Waals surface area (Å²) in [5.74, 6) is 0. The number of hydrazine groups is 1. The molecule has 0 bridgehead atoms. The number of para-hydroxylation sites is 1. The molecule has 2 nitrogen and oxygen atoms in total. The van der Waals surface area contributed by atoms with Gasteiger partial charge < -0.3 is 0 Å². The predicted octanol–water partition coefficient (Wildman–Crippen LogP) is 1.91. The van der Waals surface area contributed by atoms with E-state index >= 15 is 0 Å². The molecular weight excluding hydrogens is 148 g/mol. The van der Waals surface area contributed by atoms with E-state index in [9.17, 15) is 0 Å². The SMILES string of the molecule is CC1=CN(c2ccccc2)NC1. The Morgan fingerprint density at radius 3 is 2.58 bits per heavy atom. The summed E-state index contributed by atoms with van der Waals surface area (Å²) < 4.78 is 0. The van der Waals surface area contributed by atoms with Gasteiger partial charge in [0.1, 0.15) is 0 Å². The molecule has 0 spiro atoms. The average molecular weight is 160 g/mol. The summed E-state index contributed by atoms with van der Waals surface area (Å²) in [7, 11) is 0. The normalized spacial score (nSPS) is 16.4. The number of hydrogen-bond donors (Lipinski definition) is 1. The Bertz CT molecular complexity index is 290. The van der Waals surface area contributed by atoms with Gasteiger partial charge in [-0.3, -0.25) is 5.01 Å². The standard InChI is InChI=1S/C10H12N2/c1-9-7-11-12(8-9)10-5-3-2-4-6-10/h2-6,8,11H,7H2,1H3. The smallest absolute Gasteiger partial charge is 0.0570 e. The van der Waals surface area contributed by atoms with Gasteiger partial charge in [0, 0.05) is 12.7 Å². The summed E-state index contributed by atoms with van der Waals surface area (Å²) in [6.07, 6.45) is 2.12. The predicted molar refractivity (Wildman–Crippen MR) is 50.7 cm³/mol. The minimum Gasteiger partial charge on any atom is -0.284 e. The van der Waals surface area contributed by atoms with Crippen molar-refractivity contribution in [2.24, 2.45) is 0 Å². The second-order valence-corrected chi connectivity index (χ2v) is 3.02. The van der Waals surface area contributed by atoms with Gasteiger partial charge >= 0.3 is 0 Å². The molecule has 0 aromatic heterocycles. The number of rotatable bonds is 1. The molecule has 0 atom stereocenters. The summed E-state index contributed by atoms with van der Waals surface area (Å²) >= 11 is 0. The highest BCUT2D eigenvalue weighted by Crippen LogP contribution is 2.15. The largest absolute Gasteiger partial charge is 0.284 e. The molecule has 1 N–H and O–H groups in total. The molecule has 0 saturated heterocycles. The van der Waals surface area contributed by atoms with Crippen LogP contribution >= 0.6 is 0 Å². The van der Waals surface area contributed by atoms with Gasteiger partial charge in [-0.25, -0.2) is 5.43 Å². The van der Waals surface area contributed by atoms with Gasteiger partial charge in [-0.2, -0.15) is 0 Å². The lowest BCUT2D eigenvalue weighted by atomic mass is 10.3. The highest BCUT2D eigenvalue weighted by atomic mass is 15.5. The van der Waals surface area contributed by atoms with Crippen LogP contribution in [0.1, 0.15) is 6.92 Å². The zero-order chi connectivity index (χ0) is 8.39. The molecule has 1 heterocycles. The molecule has 0 fully saturated rings. The highest BCUT2D eigenvalue weighted by Gasteiger charge is 2.08. The topological polar surface area (TPSA) is 15.3 Å². The van der Waals surface area contributed by atoms with E-state index in [1.165, 1.54) is 11.3 Å². The number of benzene rings is 1. The Balaban J connectivity index is 2.22. The van der Waals surface area contributed by atoms with Crippen LogP contribution in [0.3, 0.4) is 0 Å². The molecule has 0 saturated carbocycles. The van der Waals surface area contributed by atoms with Crippen LogP contribution in [0.2, 0.25) is 0 Å². The summed E-state index contributed by atoms with van der Waals surface area (Å²) in [5.41, 5.74) is 5.81. The minimum atomic E-state index is 0.953. The lowest BCUT2D eigenvalue weighted by Gasteiger charge is -2.15. The monoisotopic (exact) mass is 160 g/mol. The van der Waals surface area contributed by atoms with E-state index in [1.54, 1.807) is 0 Å².